The van der Waals surface area contributed by atoms with E-state index in [4.69, 9.17) is 15.4 Å². The molecule has 0 spiro atoms. The average molecular weight is 712 g/mol. The molecule has 1 aromatic heterocycles. The maximum Gasteiger partial charge on any atom is 0.192 e. The first kappa shape index (κ1) is 39.7. The van der Waals surface area contributed by atoms with Crippen LogP contribution in [0.3, 0.4) is 0 Å². The summed E-state index contributed by atoms with van der Waals surface area (Å²) in [4.78, 5) is 17.1. The van der Waals surface area contributed by atoms with E-state index in [1.54, 1.807) is 5.57 Å². The summed E-state index contributed by atoms with van der Waals surface area (Å²) >= 11 is 1.49. The van der Waals surface area contributed by atoms with Crippen LogP contribution in [-0.2, 0) is 8.85 Å². The van der Waals surface area contributed by atoms with Gasteiger partial charge in [-0.15, -0.1) is 11.3 Å². The number of fused-ring (bicyclic) bond motifs is 1. The number of carbonyl (C=O) groups excluding carboxylic acids is 1. The third kappa shape index (κ3) is 8.84. The summed E-state index contributed by atoms with van der Waals surface area (Å²) in [7, 11) is -3.93. The van der Waals surface area contributed by atoms with Crippen molar-refractivity contribution in [3.05, 3.63) is 51.5 Å². The third-order valence-corrected chi connectivity index (χ3v) is 23.4. The van der Waals surface area contributed by atoms with Crippen molar-refractivity contribution in [2.24, 2.45) is 23.2 Å². The van der Waals surface area contributed by atoms with E-state index >= 15 is 0 Å². The molecule has 3 fully saturated rings. The maximum atomic E-state index is 12.7. The number of nitrogens with zero attached hydrogens (tertiary/aromatic N) is 1. The molecule has 6 atom stereocenters. The zero-order chi connectivity index (χ0) is 35.9. The molecular formula is C41H69NO3SSi2. The van der Waals surface area contributed by atoms with Crippen molar-refractivity contribution in [2.45, 2.75) is 175 Å². The van der Waals surface area contributed by atoms with Crippen LogP contribution in [0.2, 0.25) is 36.3 Å². The van der Waals surface area contributed by atoms with E-state index in [2.05, 4.69) is 98.7 Å². The number of aryl methyl sites for hydroxylation is 1. The van der Waals surface area contributed by atoms with Crippen molar-refractivity contribution in [1.82, 2.24) is 4.98 Å². The number of rotatable bonds is 11. The lowest BCUT2D eigenvalue weighted by molar-refractivity contribution is 0.0898. The van der Waals surface area contributed by atoms with E-state index in [0.29, 0.717) is 34.6 Å². The van der Waals surface area contributed by atoms with Crippen LogP contribution in [0.4, 0.5) is 0 Å². The number of hydrogen-bond acceptors (Lipinski definition) is 5. The fourth-order valence-corrected chi connectivity index (χ4v) is 11.8. The summed E-state index contributed by atoms with van der Waals surface area (Å²) in [6, 6.07) is 0. The van der Waals surface area contributed by atoms with Crippen LogP contribution >= 0.6 is 11.3 Å². The average Bonchev–Trinajstić information content (AvgIpc) is 3.55. The molecule has 0 bridgehead atoms. The molecule has 1 aromatic rings. The number of aromatic nitrogens is 1. The third-order valence-electron chi connectivity index (χ3n) is 13.4. The number of hydrogen-bond donors (Lipinski definition) is 0. The second-order valence-corrected chi connectivity index (χ2v) is 29.3. The normalized spacial score (nSPS) is 29.8. The first-order valence-electron chi connectivity index (χ1n) is 19.0. The smallest absolute Gasteiger partial charge is 0.192 e. The lowest BCUT2D eigenvalue weighted by Crippen LogP contribution is -2.49. The van der Waals surface area contributed by atoms with Crippen molar-refractivity contribution in [3.8, 4) is 0 Å². The molecule has 3 aliphatic rings. The fourth-order valence-electron chi connectivity index (χ4n) is 8.35. The quantitative estimate of drug-likeness (QED) is 0.169. The first-order valence-corrected chi connectivity index (χ1v) is 25.6. The molecule has 270 valence electrons. The van der Waals surface area contributed by atoms with Crippen molar-refractivity contribution < 1.29 is 13.6 Å². The van der Waals surface area contributed by atoms with Crippen LogP contribution in [0.1, 0.15) is 135 Å². The number of Topliss-reactive ketones (excluding diaryl/α,β-unsaturated/α-hetero) is 1. The molecule has 0 radical (unpaired) electrons. The molecule has 2 unspecified atom stereocenters. The lowest BCUT2D eigenvalue weighted by Gasteiger charge is -2.46. The Kier molecular flexibility index (Phi) is 12.3. The molecular weight excluding hydrogens is 643 g/mol. The van der Waals surface area contributed by atoms with E-state index in [1.807, 2.05) is 12.3 Å². The minimum Gasteiger partial charge on any atom is -0.413 e. The van der Waals surface area contributed by atoms with E-state index in [1.165, 1.54) is 54.6 Å². The molecule has 0 saturated heterocycles. The SMILES string of the molecule is C=C1/C(=C\C=C2/CCC[C@]3(C)[C@@H]([C@H](C)CCCC(=O)c4nc(C)cs4)CC[C@@H]23)CC(O[Si](C)(C)C(C)(C)C)CC1O[Si](C)(C)C(C)(C)C. The first-order chi connectivity index (χ1) is 22.1. The molecule has 7 heteroatoms. The van der Waals surface area contributed by atoms with Crippen LogP contribution in [-0.4, -0.2) is 39.6 Å². The summed E-state index contributed by atoms with van der Waals surface area (Å²) < 4.78 is 14.2. The van der Waals surface area contributed by atoms with E-state index in [0.717, 1.165) is 31.4 Å². The summed E-state index contributed by atoms with van der Waals surface area (Å²) in [5, 5.41) is 2.97. The topological polar surface area (TPSA) is 48.4 Å². The van der Waals surface area contributed by atoms with Crippen molar-refractivity contribution in [1.29, 1.82) is 0 Å². The molecule has 3 aliphatic carbocycles. The van der Waals surface area contributed by atoms with Crippen LogP contribution < -0.4 is 0 Å². The molecule has 48 heavy (non-hydrogen) atoms. The Morgan fingerprint density at radius 2 is 1.73 bits per heavy atom. The van der Waals surface area contributed by atoms with Crippen LogP contribution in [0.15, 0.2) is 40.8 Å². The Morgan fingerprint density at radius 3 is 2.33 bits per heavy atom. The summed E-state index contributed by atoms with van der Waals surface area (Å²) in [5.41, 5.74) is 5.43. The minimum atomic E-state index is -1.99. The fraction of sp³-hybridized carbons (Fsp3) is 0.756. The zero-order valence-corrected chi connectivity index (χ0v) is 35.8. The number of allylic oxidation sites excluding steroid dienone is 3. The highest BCUT2D eigenvalue weighted by atomic mass is 32.1. The monoisotopic (exact) mass is 711 g/mol. The summed E-state index contributed by atoms with van der Waals surface area (Å²) in [6.07, 6.45) is 16.0. The molecule has 0 amide bonds. The summed E-state index contributed by atoms with van der Waals surface area (Å²) in [6.45, 7) is 35.2. The van der Waals surface area contributed by atoms with Gasteiger partial charge in [0.1, 0.15) is 0 Å². The largest absolute Gasteiger partial charge is 0.413 e. The van der Waals surface area contributed by atoms with Gasteiger partial charge in [-0.1, -0.05) is 79.7 Å². The Labute approximate surface area is 300 Å². The van der Waals surface area contributed by atoms with E-state index < -0.39 is 16.6 Å². The highest BCUT2D eigenvalue weighted by Crippen LogP contribution is 2.60. The second kappa shape index (κ2) is 14.8. The van der Waals surface area contributed by atoms with Crippen molar-refractivity contribution in [2.75, 3.05) is 0 Å². The Morgan fingerprint density at radius 1 is 1.08 bits per heavy atom. The summed E-state index contributed by atoms with van der Waals surface area (Å²) in [5.74, 6) is 2.20. The molecule has 4 rings (SSSR count). The zero-order valence-electron chi connectivity index (χ0n) is 33.0. The number of ketones is 1. The van der Waals surface area contributed by atoms with Crippen LogP contribution in [0.25, 0.3) is 0 Å². The predicted molar refractivity (Wildman–Crippen MR) is 211 cm³/mol. The van der Waals surface area contributed by atoms with Gasteiger partial charge in [0.2, 0.25) is 0 Å². The molecule has 4 nitrogen and oxygen atoms in total. The minimum absolute atomic E-state index is 0.0129. The van der Waals surface area contributed by atoms with Gasteiger partial charge in [0.25, 0.3) is 0 Å². The van der Waals surface area contributed by atoms with Gasteiger partial charge < -0.3 is 8.85 Å². The van der Waals surface area contributed by atoms with Crippen molar-refractivity contribution in [3.63, 3.8) is 0 Å². The van der Waals surface area contributed by atoms with Gasteiger partial charge in [0.15, 0.2) is 27.4 Å². The highest BCUT2D eigenvalue weighted by Gasteiger charge is 2.50. The Hall–Kier alpha value is -1.13. The molecule has 0 N–H and O–H groups in total. The Bertz CT molecular complexity index is 1380. The molecule has 1 heterocycles. The van der Waals surface area contributed by atoms with Crippen LogP contribution in [0.5, 0.6) is 0 Å². The number of carbonyl (C=O) groups is 1. The standard InChI is InChI=1S/C41H69NO3SSi2/c1-28(17-15-19-36(43)38-42-29(2)27-46-38)34-22-23-35-31(18-16-24-41(34,35)10)20-21-32-25-33(44-47(11,12)39(4,5)6)26-37(30(32)3)45-48(13,14)40(7,8)9/h20-21,27-28,33-35,37H,3,15-19,22-26H2,1-2,4-14H3/b31-20+,32-21-/t28-,33?,34-,35+,37?,41-/m1/s1. The van der Waals surface area contributed by atoms with Gasteiger partial charge in [-0.05, 0) is 129 Å². The van der Waals surface area contributed by atoms with Gasteiger partial charge in [0, 0.05) is 23.9 Å². The molecule has 0 aliphatic heterocycles. The van der Waals surface area contributed by atoms with Gasteiger partial charge >= 0.3 is 0 Å². The Balaban J connectivity index is 1.51. The van der Waals surface area contributed by atoms with Crippen molar-refractivity contribution >= 4 is 33.8 Å². The predicted octanol–water partition coefficient (Wildman–Crippen LogP) is 12.6. The molecule has 3 saturated carbocycles. The van der Waals surface area contributed by atoms with Gasteiger partial charge in [-0.2, -0.15) is 0 Å². The van der Waals surface area contributed by atoms with E-state index in [9.17, 15) is 4.79 Å². The van der Waals surface area contributed by atoms with Gasteiger partial charge in [-0.3, -0.25) is 4.79 Å². The van der Waals surface area contributed by atoms with E-state index in [-0.39, 0.29) is 28.1 Å². The maximum absolute atomic E-state index is 12.7. The van der Waals surface area contributed by atoms with Crippen LogP contribution in [0, 0.1) is 30.1 Å². The van der Waals surface area contributed by atoms with Gasteiger partial charge in [-0.25, -0.2) is 4.98 Å². The number of thiazole rings is 1. The van der Waals surface area contributed by atoms with Gasteiger partial charge in [0.05, 0.1) is 12.2 Å². The molecule has 0 aromatic carbocycles. The highest BCUT2D eigenvalue weighted by molar-refractivity contribution is 7.11. The lowest BCUT2D eigenvalue weighted by atomic mass is 9.60. The second-order valence-electron chi connectivity index (χ2n) is 18.9.